The van der Waals surface area contributed by atoms with E-state index in [9.17, 15) is 0 Å². The van der Waals surface area contributed by atoms with E-state index in [0.717, 1.165) is 102 Å². The van der Waals surface area contributed by atoms with Crippen molar-refractivity contribution < 1.29 is 21.5 Å². The number of H-pyrrole nitrogens is 2. The van der Waals surface area contributed by atoms with Gasteiger partial charge >= 0.3 is 0 Å². The average Bonchev–Trinajstić information content (AvgIpc) is 4.14. The molecule has 0 amide bonds. The molecule has 2 aliphatic rings. The first-order chi connectivity index (χ1) is 28.7. The smallest absolute Gasteiger partial charge is 0.248 e. The lowest BCUT2D eigenvalue weighted by atomic mass is 10.0. The van der Waals surface area contributed by atoms with Crippen molar-refractivity contribution in [3.8, 4) is 50.2 Å². The molecule has 4 aromatic carbocycles. The molecule has 2 aliphatic heterocycles. The minimum atomic E-state index is 0. The predicted octanol–water partition coefficient (Wildman–Crippen LogP) is 9.60. The minimum absolute atomic E-state index is 0. The van der Waals surface area contributed by atoms with Crippen LogP contribution in [0.1, 0.15) is 49.0 Å². The van der Waals surface area contributed by atoms with Crippen LogP contribution in [0.4, 0.5) is 0 Å². The minimum Gasteiger partial charge on any atom is -1.00 e. The molecular weight excluding hydrogens is 789 g/mol. The molecule has 6 heterocycles. The van der Waals surface area contributed by atoms with E-state index in [2.05, 4.69) is 209 Å². The molecule has 0 fully saturated rings. The SMILES string of the molecule is CCCCCn1cc[n+](-c2ccc(-c3c4nc(c(-c5ccccc5)c5ccc([nH]5)c(-c5ccccc5)c5nc(c(-c6ccccc6)c6ccc3[nH]6)C=C5)C=C4)cc2)c1.[Br-]. The first kappa shape index (κ1) is 37.7. The molecule has 59 heavy (non-hydrogen) atoms. The van der Waals surface area contributed by atoms with Crippen molar-refractivity contribution >= 4 is 46.4 Å². The lowest BCUT2D eigenvalue weighted by Gasteiger charge is -2.07. The normalized spacial score (nSPS) is 11.8. The quantitative estimate of drug-likeness (QED) is 0.113. The number of nitrogens with one attached hydrogen (secondary N) is 2. The predicted molar refractivity (Wildman–Crippen MR) is 240 cm³/mol. The van der Waals surface area contributed by atoms with Crippen LogP contribution in [0.15, 0.2) is 158 Å². The van der Waals surface area contributed by atoms with Crippen LogP contribution < -0.4 is 21.5 Å². The maximum Gasteiger partial charge on any atom is 0.248 e. The summed E-state index contributed by atoms with van der Waals surface area (Å²) in [6.07, 6.45) is 18.7. The third kappa shape index (κ3) is 7.41. The molecule has 0 aliphatic carbocycles. The summed E-state index contributed by atoms with van der Waals surface area (Å²) >= 11 is 0. The molecule has 0 saturated heterocycles. The molecule has 8 aromatic rings. The lowest BCUT2D eigenvalue weighted by Crippen LogP contribution is -3.00. The van der Waals surface area contributed by atoms with Gasteiger partial charge in [-0.1, -0.05) is 104 Å². The van der Waals surface area contributed by atoms with Crippen molar-refractivity contribution in [1.29, 1.82) is 0 Å². The van der Waals surface area contributed by atoms with E-state index in [0.29, 0.717) is 0 Å². The molecule has 0 unspecified atom stereocenters. The van der Waals surface area contributed by atoms with Gasteiger partial charge in [0.15, 0.2) is 0 Å². The van der Waals surface area contributed by atoms with Gasteiger partial charge in [-0.15, -0.1) is 0 Å². The molecule has 10 rings (SSSR count). The summed E-state index contributed by atoms with van der Waals surface area (Å²) < 4.78 is 4.47. The molecule has 4 aromatic heterocycles. The van der Waals surface area contributed by atoms with Gasteiger partial charge in [-0.25, -0.2) is 19.1 Å². The Kier molecular flexibility index (Phi) is 10.6. The Labute approximate surface area is 354 Å². The van der Waals surface area contributed by atoms with Gasteiger partial charge in [0, 0.05) is 44.3 Å². The van der Waals surface area contributed by atoms with E-state index in [1.165, 1.54) is 19.3 Å². The highest BCUT2D eigenvalue weighted by Crippen LogP contribution is 2.38. The van der Waals surface area contributed by atoms with Gasteiger partial charge in [0.2, 0.25) is 6.33 Å². The van der Waals surface area contributed by atoms with Gasteiger partial charge in [0.05, 0.1) is 29.3 Å². The molecule has 0 radical (unpaired) electrons. The van der Waals surface area contributed by atoms with E-state index >= 15 is 0 Å². The Morgan fingerprint density at radius 2 is 0.864 bits per heavy atom. The van der Waals surface area contributed by atoms with Crippen LogP contribution in [0.25, 0.3) is 96.6 Å². The Balaban J connectivity index is 0.00000449. The van der Waals surface area contributed by atoms with Crippen molar-refractivity contribution in [3.05, 3.63) is 181 Å². The summed E-state index contributed by atoms with van der Waals surface area (Å²) in [7, 11) is 0. The van der Waals surface area contributed by atoms with Crippen molar-refractivity contribution in [2.24, 2.45) is 0 Å². The van der Waals surface area contributed by atoms with Crippen molar-refractivity contribution in [1.82, 2.24) is 24.5 Å². The molecule has 7 heteroatoms. The number of hydrogen-bond acceptors (Lipinski definition) is 2. The monoisotopic (exact) mass is 830 g/mol. The van der Waals surface area contributed by atoms with Gasteiger partial charge in [0.25, 0.3) is 0 Å². The van der Waals surface area contributed by atoms with Gasteiger partial charge in [0.1, 0.15) is 18.1 Å². The van der Waals surface area contributed by atoms with E-state index in [1.807, 2.05) is 0 Å². The zero-order chi connectivity index (χ0) is 38.8. The number of aromatic amines is 2. The highest BCUT2D eigenvalue weighted by atomic mass is 79.9. The van der Waals surface area contributed by atoms with Crippen LogP contribution in [0, 0.1) is 0 Å². The number of benzene rings is 4. The average molecular weight is 832 g/mol. The fourth-order valence-corrected chi connectivity index (χ4v) is 8.26. The van der Waals surface area contributed by atoms with Crippen LogP contribution in [0.2, 0.25) is 0 Å². The molecule has 288 valence electrons. The Bertz CT molecular complexity index is 2950. The summed E-state index contributed by atoms with van der Waals surface area (Å²) in [6, 6.07) is 49.2. The van der Waals surface area contributed by atoms with Gasteiger partial charge in [-0.05, 0) is 108 Å². The Morgan fingerprint density at radius 3 is 1.25 bits per heavy atom. The van der Waals surface area contributed by atoms with Crippen molar-refractivity contribution in [2.45, 2.75) is 32.7 Å². The summed E-state index contributed by atoms with van der Waals surface area (Å²) in [5.74, 6) is 0. The third-order valence-electron chi connectivity index (χ3n) is 11.1. The second-order valence-corrected chi connectivity index (χ2v) is 14.9. The van der Waals surface area contributed by atoms with Gasteiger partial charge in [-0.3, -0.25) is 0 Å². The zero-order valence-electron chi connectivity index (χ0n) is 32.8. The first-order valence-corrected chi connectivity index (χ1v) is 20.2. The van der Waals surface area contributed by atoms with E-state index in [4.69, 9.17) is 9.97 Å². The Morgan fingerprint density at radius 1 is 0.475 bits per heavy atom. The fourth-order valence-electron chi connectivity index (χ4n) is 8.26. The standard InChI is InChI=1S/C52H43N6.BrH/c1-2-3-13-32-57-33-34-58(35-57)40-22-20-39(21-23-40)52-47-30-28-45(55-47)50(37-16-9-5-10-17-37)43-26-24-41(53-43)49(36-14-7-4-8-15-36)42-25-27-44(54-42)51(38-18-11-6-12-19-38)46-29-31-48(52)56-46;/h4-12,14-31,33-35,53,56H,2-3,13,32H2,1H3;1H/q+1;/p-1. The second kappa shape index (κ2) is 16.6. The first-order valence-electron chi connectivity index (χ1n) is 20.2. The van der Waals surface area contributed by atoms with Crippen molar-refractivity contribution in [2.75, 3.05) is 0 Å². The number of imidazole rings is 1. The molecular formula is C52H43BrN6. The summed E-state index contributed by atoms with van der Waals surface area (Å²) in [5.41, 5.74) is 17.1. The third-order valence-corrected chi connectivity index (χ3v) is 11.1. The number of fused-ring (bicyclic) bond motifs is 8. The lowest BCUT2D eigenvalue weighted by molar-refractivity contribution is -0.595. The maximum absolute atomic E-state index is 5.46. The highest BCUT2D eigenvalue weighted by molar-refractivity contribution is 5.99. The van der Waals surface area contributed by atoms with Gasteiger partial charge < -0.3 is 26.9 Å². The van der Waals surface area contributed by atoms with Crippen LogP contribution >= 0.6 is 0 Å². The largest absolute Gasteiger partial charge is 1.00 e. The van der Waals surface area contributed by atoms with Crippen LogP contribution in [-0.2, 0) is 6.54 Å². The summed E-state index contributed by atoms with van der Waals surface area (Å²) in [4.78, 5) is 18.6. The number of aryl methyl sites for hydroxylation is 1. The molecule has 0 atom stereocenters. The van der Waals surface area contributed by atoms with Crippen LogP contribution in [0.3, 0.4) is 0 Å². The molecule has 8 bridgehead atoms. The topological polar surface area (TPSA) is 66.2 Å². The molecule has 0 spiro atoms. The fraction of sp³-hybridized carbons (Fsp3) is 0.0962. The number of unbranched alkanes of at least 4 members (excludes halogenated alkanes) is 2. The number of hydrogen-bond donors (Lipinski definition) is 2. The van der Waals surface area contributed by atoms with E-state index in [1.54, 1.807) is 0 Å². The van der Waals surface area contributed by atoms with Crippen molar-refractivity contribution in [3.63, 3.8) is 0 Å². The van der Waals surface area contributed by atoms with E-state index < -0.39 is 0 Å². The van der Waals surface area contributed by atoms with E-state index in [-0.39, 0.29) is 17.0 Å². The molecule has 6 nitrogen and oxygen atoms in total. The van der Waals surface area contributed by atoms with Crippen LogP contribution in [-0.4, -0.2) is 24.5 Å². The Hall–Kier alpha value is -6.83. The number of halogens is 1. The van der Waals surface area contributed by atoms with Crippen LogP contribution in [0.5, 0.6) is 0 Å². The zero-order valence-corrected chi connectivity index (χ0v) is 34.4. The number of aromatic nitrogens is 6. The summed E-state index contributed by atoms with van der Waals surface area (Å²) in [5, 5.41) is 0. The van der Waals surface area contributed by atoms with Gasteiger partial charge in [-0.2, -0.15) is 0 Å². The molecule has 0 saturated carbocycles. The summed E-state index contributed by atoms with van der Waals surface area (Å²) in [6.45, 7) is 3.27. The maximum atomic E-state index is 5.46. The second-order valence-electron chi connectivity index (χ2n) is 14.9. The molecule has 2 N–H and O–H groups in total. The number of nitrogens with zero attached hydrogens (tertiary/aromatic N) is 4. The highest BCUT2D eigenvalue weighted by Gasteiger charge is 2.19. The number of rotatable bonds is 9.